The molecule has 11 heavy (non-hydrogen) atoms. The fourth-order valence-electron chi connectivity index (χ4n) is 0.299. The molecule has 0 fully saturated rings. The van der Waals surface area contributed by atoms with Crippen LogP contribution in [0, 0.1) is 0 Å². The van der Waals surface area contributed by atoms with Gasteiger partial charge < -0.3 is 0 Å². The molecule has 0 aliphatic rings. The SMILES string of the molecule is CC(=O)C(Cl)CCCl.ClCCl. The summed E-state index contributed by atoms with van der Waals surface area (Å²) in [6.07, 6.45) is 0.568. The highest BCUT2D eigenvalue weighted by Crippen LogP contribution is 2.03. The molecule has 0 heterocycles. The highest BCUT2D eigenvalue weighted by molar-refractivity contribution is 6.40. The maximum Gasteiger partial charge on any atom is 0.147 e. The number of halogens is 4. The van der Waals surface area contributed by atoms with Crippen LogP contribution in [0.2, 0.25) is 0 Å². The Balaban J connectivity index is 0. The fourth-order valence-corrected chi connectivity index (χ4v) is 0.738. The van der Waals surface area contributed by atoms with Crippen molar-refractivity contribution >= 4 is 52.2 Å². The molecule has 0 bridgehead atoms. The van der Waals surface area contributed by atoms with Gasteiger partial charge in [-0.3, -0.25) is 4.79 Å². The lowest BCUT2D eigenvalue weighted by Crippen LogP contribution is -2.09. The van der Waals surface area contributed by atoms with E-state index >= 15 is 0 Å². The average molecular weight is 240 g/mol. The fraction of sp³-hybridized carbons (Fsp3) is 0.833. The van der Waals surface area contributed by atoms with Crippen molar-refractivity contribution in [2.45, 2.75) is 18.7 Å². The summed E-state index contributed by atoms with van der Waals surface area (Å²) in [6.45, 7) is 1.46. The Morgan fingerprint density at radius 2 is 1.73 bits per heavy atom. The Labute approximate surface area is 86.9 Å². The van der Waals surface area contributed by atoms with Crippen LogP contribution in [0.3, 0.4) is 0 Å². The lowest BCUT2D eigenvalue weighted by Gasteiger charge is -1.98. The Hall–Kier alpha value is 0.830. The van der Waals surface area contributed by atoms with Gasteiger partial charge in [0.2, 0.25) is 0 Å². The minimum absolute atomic E-state index is 0.00711. The number of rotatable bonds is 3. The molecule has 1 unspecified atom stereocenters. The molecular weight excluding hydrogens is 230 g/mol. The van der Waals surface area contributed by atoms with Crippen molar-refractivity contribution < 1.29 is 4.79 Å². The number of carbonyl (C=O) groups excluding carboxylic acids is 1. The molecule has 0 amide bonds. The third kappa shape index (κ3) is 13.8. The number of ketones is 1. The summed E-state index contributed by atoms with van der Waals surface area (Å²) in [6, 6.07) is 0. The summed E-state index contributed by atoms with van der Waals surface area (Å²) in [5.74, 6) is 0.445. The third-order valence-electron chi connectivity index (χ3n) is 0.804. The predicted molar refractivity (Wildman–Crippen MR) is 52.2 cm³/mol. The van der Waals surface area contributed by atoms with Gasteiger partial charge in [-0.1, -0.05) is 0 Å². The lowest BCUT2D eigenvalue weighted by molar-refractivity contribution is -0.116. The van der Waals surface area contributed by atoms with Crippen molar-refractivity contribution in [3.05, 3.63) is 0 Å². The summed E-state index contributed by atoms with van der Waals surface area (Å²) < 4.78 is 0. The van der Waals surface area contributed by atoms with Gasteiger partial charge in [0.1, 0.15) is 5.78 Å². The molecular formula is C6H10Cl4O. The second kappa shape index (κ2) is 10.8. The molecule has 0 spiro atoms. The van der Waals surface area contributed by atoms with Crippen molar-refractivity contribution in [2.75, 3.05) is 11.2 Å². The maximum absolute atomic E-state index is 10.3. The van der Waals surface area contributed by atoms with E-state index in [4.69, 9.17) is 46.4 Å². The minimum Gasteiger partial charge on any atom is -0.298 e. The van der Waals surface area contributed by atoms with E-state index in [0.717, 1.165) is 0 Å². The van der Waals surface area contributed by atoms with Gasteiger partial charge in [0, 0.05) is 5.88 Å². The molecule has 0 aromatic rings. The van der Waals surface area contributed by atoms with Gasteiger partial charge in [0.05, 0.1) is 10.7 Å². The van der Waals surface area contributed by atoms with Crippen LogP contribution in [0.25, 0.3) is 0 Å². The van der Waals surface area contributed by atoms with Crippen LogP contribution in [0.1, 0.15) is 13.3 Å². The molecule has 68 valence electrons. The Morgan fingerprint density at radius 1 is 1.36 bits per heavy atom. The van der Waals surface area contributed by atoms with Crippen molar-refractivity contribution in [3.63, 3.8) is 0 Å². The van der Waals surface area contributed by atoms with Gasteiger partial charge in [0.25, 0.3) is 0 Å². The summed E-state index contributed by atoms with van der Waals surface area (Å²) in [5.41, 5.74) is 0. The van der Waals surface area contributed by atoms with Crippen LogP contribution in [-0.2, 0) is 4.79 Å². The number of Topliss-reactive ketones (excluding diaryl/α,β-unsaturated/α-hetero) is 1. The first-order valence-corrected chi connectivity index (χ1v) is 4.96. The first-order valence-electron chi connectivity index (χ1n) is 2.92. The first-order chi connectivity index (χ1) is 5.09. The molecule has 0 radical (unpaired) electrons. The van der Waals surface area contributed by atoms with Crippen LogP contribution < -0.4 is 0 Å². The largest absolute Gasteiger partial charge is 0.298 e. The van der Waals surface area contributed by atoms with E-state index in [1.807, 2.05) is 0 Å². The number of carbonyl (C=O) groups is 1. The van der Waals surface area contributed by atoms with Crippen molar-refractivity contribution in [1.82, 2.24) is 0 Å². The molecule has 0 saturated carbocycles. The number of hydrogen-bond donors (Lipinski definition) is 0. The highest BCUT2D eigenvalue weighted by atomic mass is 35.5. The van der Waals surface area contributed by atoms with Crippen molar-refractivity contribution in [2.24, 2.45) is 0 Å². The van der Waals surface area contributed by atoms with Crippen LogP contribution in [0.5, 0.6) is 0 Å². The second-order valence-corrected chi connectivity index (χ2v) is 3.37. The van der Waals surface area contributed by atoms with Crippen LogP contribution >= 0.6 is 46.4 Å². The molecule has 0 aliphatic heterocycles. The summed E-state index contributed by atoms with van der Waals surface area (Å²) >= 11 is 20.3. The predicted octanol–water partition coefficient (Wildman–Crippen LogP) is 3.23. The first kappa shape index (κ1) is 14.4. The van der Waals surface area contributed by atoms with Crippen LogP contribution in [-0.4, -0.2) is 22.4 Å². The van der Waals surface area contributed by atoms with E-state index in [0.29, 0.717) is 12.3 Å². The average Bonchev–Trinajstić information content (AvgIpc) is 1.90. The van der Waals surface area contributed by atoms with Gasteiger partial charge in [-0.2, -0.15) is 0 Å². The quantitative estimate of drug-likeness (QED) is 0.692. The van der Waals surface area contributed by atoms with E-state index < -0.39 is 0 Å². The molecule has 1 nitrogen and oxygen atoms in total. The maximum atomic E-state index is 10.3. The Morgan fingerprint density at radius 3 is 1.82 bits per heavy atom. The van der Waals surface area contributed by atoms with Gasteiger partial charge in [0.15, 0.2) is 0 Å². The smallest absolute Gasteiger partial charge is 0.147 e. The Bertz CT molecular complexity index is 96.6. The lowest BCUT2D eigenvalue weighted by atomic mass is 10.2. The monoisotopic (exact) mass is 238 g/mol. The minimum atomic E-state index is -0.382. The third-order valence-corrected chi connectivity index (χ3v) is 1.55. The van der Waals surface area contributed by atoms with E-state index in [-0.39, 0.29) is 16.5 Å². The normalized spacial score (nSPS) is 11.4. The van der Waals surface area contributed by atoms with Gasteiger partial charge in [-0.15, -0.1) is 46.4 Å². The summed E-state index contributed by atoms with van der Waals surface area (Å²) in [7, 11) is 0. The standard InChI is InChI=1S/C5H8Cl2O.CH2Cl2/c1-4(8)5(7)2-3-6;2-1-3/h5H,2-3H2,1H3;1H2. The zero-order chi connectivity index (χ0) is 9.28. The van der Waals surface area contributed by atoms with Crippen molar-refractivity contribution in [3.8, 4) is 0 Å². The zero-order valence-corrected chi connectivity index (χ0v) is 9.14. The van der Waals surface area contributed by atoms with E-state index in [1.54, 1.807) is 0 Å². The van der Waals surface area contributed by atoms with Crippen LogP contribution in [0.4, 0.5) is 0 Å². The van der Waals surface area contributed by atoms with Crippen molar-refractivity contribution in [1.29, 1.82) is 0 Å². The molecule has 5 heteroatoms. The second-order valence-electron chi connectivity index (χ2n) is 1.66. The molecule has 0 aliphatic carbocycles. The van der Waals surface area contributed by atoms with Gasteiger partial charge >= 0.3 is 0 Å². The zero-order valence-electron chi connectivity index (χ0n) is 6.12. The highest BCUT2D eigenvalue weighted by Gasteiger charge is 2.07. The summed E-state index contributed by atoms with van der Waals surface area (Å²) in [4.78, 5) is 10.3. The topological polar surface area (TPSA) is 17.1 Å². The summed E-state index contributed by atoms with van der Waals surface area (Å²) in [5, 5.41) is -0.188. The number of alkyl halides is 4. The molecule has 1 atom stereocenters. The van der Waals surface area contributed by atoms with E-state index in [9.17, 15) is 4.79 Å². The molecule has 0 saturated heterocycles. The van der Waals surface area contributed by atoms with E-state index in [2.05, 4.69) is 0 Å². The molecule has 0 aromatic heterocycles. The van der Waals surface area contributed by atoms with Gasteiger partial charge in [-0.05, 0) is 13.3 Å². The van der Waals surface area contributed by atoms with E-state index in [1.165, 1.54) is 6.92 Å². The van der Waals surface area contributed by atoms with Gasteiger partial charge in [-0.25, -0.2) is 0 Å². The molecule has 0 rings (SSSR count). The van der Waals surface area contributed by atoms with Crippen LogP contribution in [0.15, 0.2) is 0 Å². The molecule has 0 aromatic carbocycles. The molecule has 0 N–H and O–H groups in total. The Kier molecular flexibility index (Phi) is 14.1. The number of hydrogen-bond acceptors (Lipinski definition) is 1.